The first-order chi connectivity index (χ1) is 10.8. The monoisotopic (exact) mass is 357 g/mol. The summed E-state index contributed by atoms with van der Waals surface area (Å²) < 4.78 is 0. The van der Waals surface area contributed by atoms with E-state index >= 15 is 0 Å². The van der Waals surface area contributed by atoms with E-state index in [1.807, 2.05) is 24.9 Å². The number of hydrogen-bond donors (Lipinski definition) is 4. The molecule has 0 aliphatic carbocycles. The Hall–Kier alpha value is -1.67. The number of nitrogens with one attached hydrogen (secondary N) is 3. The summed E-state index contributed by atoms with van der Waals surface area (Å²) in [7, 11) is 0. The third-order valence-electron chi connectivity index (χ3n) is 3.17. The third kappa shape index (κ3) is 7.43. The normalized spacial score (nSPS) is 11.3. The highest BCUT2D eigenvalue weighted by atomic mass is 35.5. The summed E-state index contributed by atoms with van der Waals surface area (Å²) >= 11 is 1.83. The molecule has 7 nitrogen and oxygen atoms in total. The number of aryl methyl sites for hydroxylation is 2. The van der Waals surface area contributed by atoms with Crippen LogP contribution >= 0.6 is 24.2 Å². The van der Waals surface area contributed by atoms with Crippen molar-refractivity contribution in [2.45, 2.75) is 25.5 Å². The molecule has 2 heterocycles. The largest absolute Gasteiger partial charge is 0.370 e. The molecule has 0 aliphatic rings. The molecule has 2 aromatic rings. The Morgan fingerprint density at radius 2 is 2.26 bits per heavy atom. The lowest BCUT2D eigenvalue weighted by Gasteiger charge is -2.05. The summed E-state index contributed by atoms with van der Waals surface area (Å²) in [4.78, 5) is 18.7. The van der Waals surface area contributed by atoms with E-state index in [-0.39, 0.29) is 12.4 Å². The highest BCUT2D eigenvalue weighted by molar-refractivity contribution is 7.98. The van der Waals surface area contributed by atoms with Crippen LogP contribution in [0.2, 0.25) is 0 Å². The van der Waals surface area contributed by atoms with Gasteiger partial charge in [-0.15, -0.1) is 12.4 Å². The van der Waals surface area contributed by atoms with Crippen LogP contribution in [-0.4, -0.2) is 44.7 Å². The summed E-state index contributed by atoms with van der Waals surface area (Å²) in [5, 5.41) is 3.13. The van der Waals surface area contributed by atoms with E-state index in [0.29, 0.717) is 5.96 Å². The molecule has 0 aromatic carbocycles. The van der Waals surface area contributed by atoms with Gasteiger partial charge >= 0.3 is 0 Å². The van der Waals surface area contributed by atoms with E-state index in [2.05, 4.69) is 30.2 Å². The molecule has 5 N–H and O–H groups in total. The summed E-state index contributed by atoms with van der Waals surface area (Å²) in [6.07, 6.45) is 7.16. The summed E-state index contributed by atoms with van der Waals surface area (Å²) in [5.41, 5.74) is 9.21. The smallest absolute Gasteiger partial charge is 0.188 e. The van der Waals surface area contributed by atoms with E-state index in [1.54, 1.807) is 12.7 Å². The number of rotatable bonds is 9. The first-order valence-electron chi connectivity index (χ1n) is 7.33. The number of aromatic amines is 2. The molecule has 0 atom stereocenters. The lowest BCUT2D eigenvalue weighted by Crippen LogP contribution is -2.33. The van der Waals surface area contributed by atoms with Crippen molar-refractivity contribution in [2.75, 3.05) is 18.8 Å². The second kappa shape index (κ2) is 11.0. The van der Waals surface area contributed by atoms with Gasteiger partial charge in [0, 0.05) is 42.2 Å². The minimum Gasteiger partial charge on any atom is -0.370 e. The number of aliphatic imine (C=N–C) groups is 1. The molecular weight excluding hydrogens is 334 g/mol. The fraction of sp³-hybridized carbons (Fsp3) is 0.500. The SMILES string of the molecule is Cc1[nH]cnc1CSCCNC(N)=NCCCc1cnc[nH]1.Cl. The number of nitrogens with zero attached hydrogens (tertiary/aromatic N) is 3. The third-order valence-corrected chi connectivity index (χ3v) is 4.14. The summed E-state index contributed by atoms with van der Waals surface area (Å²) in [6, 6.07) is 0. The fourth-order valence-electron chi connectivity index (χ4n) is 1.90. The first-order valence-corrected chi connectivity index (χ1v) is 8.49. The fourth-order valence-corrected chi connectivity index (χ4v) is 2.77. The number of nitrogens with two attached hydrogens (primary N) is 1. The van der Waals surface area contributed by atoms with Gasteiger partial charge in [0.1, 0.15) is 0 Å². The van der Waals surface area contributed by atoms with Crippen LogP contribution < -0.4 is 11.1 Å². The van der Waals surface area contributed by atoms with Crippen LogP contribution in [-0.2, 0) is 12.2 Å². The van der Waals surface area contributed by atoms with Crippen molar-refractivity contribution in [2.24, 2.45) is 10.7 Å². The molecule has 2 rings (SSSR count). The van der Waals surface area contributed by atoms with Crippen molar-refractivity contribution < 1.29 is 0 Å². The minimum absolute atomic E-state index is 0. The molecule has 9 heteroatoms. The zero-order valence-corrected chi connectivity index (χ0v) is 14.8. The van der Waals surface area contributed by atoms with E-state index < -0.39 is 0 Å². The molecule has 0 unspecified atom stereocenters. The van der Waals surface area contributed by atoms with Crippen LogP contribution in [0, 0.1) is 6.92 Å². The van der Waals surface area contributed by atoms with Crippen LogP contribution in [0.1, 0.15) is 23.5 Å². The number of aromatic nitrogens is 4. The van der Waals surface area contributed by atoms with Gasteiger partial charge in [-0.1, -0.05) is 0 Å². The molecule has 0 saturated carbocycles. The molecule has 0 fully saturated rings. The Balaban J connectivity index is 0.00000264. The molecule has 0 bridgehead atoms. The lowest BCUT2D eigenvalue weighted by molar-refractivity contribution is 0.806. The number of guanidine groups is 1. The summed E-state index contributed by atoms with van der Waals surface area (Å²) in [6.45, 7) is 3.57. The molecular formula is C14H24ClN7S. The minimum atomic E-state index is 0. The molecule has 0 aliphatic heterocycles. The van der Waals surface area contributed by atoms with Crippen molar-refractivity contribution in [3.8, 4) is 0 Å². The molecule has 0 spiro atoms. The predicted molar refractivity (Wildman–Crippen MR) is 98.1 cm³/mol. The van der Waals surface area contributed by atoms with Gasteiger partial charge < -0.3 is 21.0 Å². The first kappa shape index (κ1) is 19.4. The Kier molecular flexibility index (Phi) is 9.23. The van der Waals surface area contributed by atoms with Gasteiger partial charge in [-0.25, -0.2) is 9.97 Å². The highest BCUT2D eigenvalue weighted by Crippen LogP contribution is 2.11. The number of H-pyrrole nitrogens is 2. The maximum Gasteiger partial charge on any atom is 0.188 e. The Bertz CT molecular complexity index is 567. The maximum absolute atomic E-state index is 5.83. The Labute approximate surface area is 146 Å². The molecule has 2 aromatic heterocycles. The van der Waals surface area contributed by atoms with Gasteiger partial charge in [-0.05, 0) is 19.8 Å². The van der Waals surface area contributed by atoms with Gasteiger partial charge in [-0.2, -0.15) is 11.8 Å². The standard InChI is InChI=1S/C14H23N7S.ClH/c1-11-13(21-10-19-11)8-22-6-5-18-14(15)17-4-2-3-12-7-16-9-20-12;/h7,9-10H,2-6,8H2,1H3,(H,16,20)(H,19,21)(H3,15,17,18);1H. The molecule has 128 valence electrons. The van der Waals surface area contributed by atoms with E-state index in [4.69, 9.17) is 5.73 Å². The maximum atomic E-state index is 5.83. The van der Waals surface area contributed by atoms with Crippen LogP contribution in [0.4, 0.5) is 0 Å². The number of hydrogen-bond acceptors (Lipinski definition) is 4. The average Bonchev–Trinajstić information content (AvgIpc) is 3.15. The van der Waals surface area contributed by atoms with Crippen LogP contribution in [0.5, 0.6) is 0 Å². The molecule has 0 amide bonds. The van der Waals surface area contributed by atoms with Gasteiger partial charge in [-0.3, -0.25) is 4.99 Å². The summed E-state index contributed by atoms with van der Waals surface area (Å²) in [5.74, 6) is 2.40. The van der Waals surface area contributed by atoms with Crippen LogP contribution in [0.15, 0.2) is 23.8 Å². The van der Waals surface area contributed by atoms with Crippen molar-refractivity contribution in [3.63, 3.8) is 0 Å². The quantitative estimate of drug-likeness (QED) is 0.310. The zero-order valence-electron chi connectivity index (χ0n) is 13.2. The van der Waals surface area contributed by atoms with E-state index in [1.165, 1.54) is 0 Å². The van der Waals surface area contributed by atoms with Gasteiger partial charge in [0.2, 0.25) is 0 Å². The number of thioether (sulfide) groups is 1. The van der Waals surface area contributed by atoms with Gasteiger partial charge in [0.15, 0.2) is 5.96 Å². The predicted octanol–water partition coefficient (Wildman–Crippen LogP) is 1.63. The van der Waals surface area contributed by atoms with Crippen molar-refractivity contribution in [3.05, 3.63) is 35.9 Å². The molecule has 23 heavy (non-hydrogen) atoms. The van der Waals surface area contributed by atoms with Crippen molar-refractivity contribution >= 4 is 30.1 Å². The Morgan fingerprint density at radius 3 is 2.96 bits per heavy atom. The van der Waals surface area contributed by atoms with Crippen molar-refractivity contribution in [1.29, 1.82) is 0 Å². The second-order valence-corrected chi connectivity index (χ2v) is 6.01. The lowest BCUT2D eigenvalue weighted by atomic mass is 10.2. The van der Waals surface area contributed by atoms with E-state index in [9.17, 15) is 0 Å². The molecule has 0 radical (unpaired) electrons. The number of imidazole rings is 2. The van der Waals surface area contributed by atoms with Crippen LogP contribution in [0.25, 0.3) is 0 Å². The van der Waals surface area contributed by atoms with Crippen LogP contribution in [0.3, 0.4) is 0 Å². The molecule has 0 saturated heterocycles. The topological polar surface area (TPSA) is 108 Å². The highest BCUT2D eigenvalue weighted by Gasteiger charge is 2.00. The van der Waals surface area contributed by atoms with Gasteiger partial charge in [0.25, 0.3) is 0 Å². The van der Waals surface area contributed by atoms with E-state index in [0.717, 1.165) is 54.5 Å². The van der Waals surface area contributed by atoms with Crippen molar-refractivity contribution in [1.82, 2.24) is 25.3 Å². The number of halogens is 1. The van der Waals surface area contributed by atoms with Gasteiger partial charge in [0.05, 0.1) is 18.3 Å². The second-order valence-electron chi connectivity index (χ2n) is 4.90. The average molecular weight is 358 g/mol. The zero-order chi connectivity index (χ0) is 15.6. The Morgan fingerprint density at radius 1 is 1.39 bits per heavy atom.